The molecule has 1 fully saturated rings. The molecule has 136 valence electrons. The molecule has 0 unspecified atom stereocenters. The molecule has 2 aromatic carbocycles. The molecule has 26 heavy (non-hydrogen) atoms. The summed E-state index contributed by atoms with van der Waals surface area (Å²) in [5.74, 6) is -0.855. The number of benzene rings is 2. The van der Waals surface area contributed by atoms with E-state index in [1.54, 1.807) is 41.3 Å². The largest absolute Gasteiger partial charge is 0.504 e. The molecule has 1 aliphatic rings. The first-order valence-electron chi connectivity index (χ1n) is 8.20. The first-order chi connectivity index (χ1) is 12.5. The Labute approximate surface area is 156 Å². The molecule has 1 saturated heterocycles. The predicted octanol–water partition coefficient (Wildman–Crippen LogP) is 2.72. The molecular formula is C19H19ClN2O4. The number of nitrogens with zero attached hydrogens (tertiary/aromatic N) is 1. The number of ether oxygens (including phenoxy) is 1. The van der Waals surface area contributed by atoms with Crippen LogP contribution in [-0.4, -0.2) is 30.6 Å². The van der Waals surface area contributed by atoms with Gasteiger partial charge in [0.15, 0.2) is 11.5 Å². The minimum Gasteiger partial charge on any atom is -0.504 e. The van der Waals surface area contributed by atoms with Crippen LogP contribution in [0, 0.1) is 5.92 Å². The van der Waals surface area contributed by atoms with Crippen molar-refractivity contribution in [2.24, 2.45) is 5.92 Å². The zero-order chi connectivity index (χ0) is 18.7. The zero-order valence-electron chi connectivity index (χ0n) is 14.2. The lowest BCUT2D eigenvalue weighted by molar-refractivity contribution is -0.132. The summed E-state index contributed by atoms with van der Waals surface area (Å²) in [6, 6.07) is 11.8. The van der Waals surface area contributed by atoms with E-state index in [-0.39, 0.29) is 24.1 Å². The SMILES string of the molecule is COc1cc(CNC(=O)[C@@H]2CCN(c3ccc(Cl)cc3)C2=O)ccc1O. The van der Waals surface area contributed by atoms with Gasteiger partial charge in [-0.25, -0.2) is 0 Å². The Bertz CT molecular complexity index is 823. The van der Waals surface area contributed by atoms with Gasteiger partial charge in [0, 0.05) is 23.8 Å². The molecule has 1 atom stereocenters. The highest BCUT2D eigenvalue weighted by Crippen LogP contribution is 2.28. The van der Waals surface area contributed by atoms with Crippen molar-refractivity contribution >= 4 is 29.1 Å². The van der Waals surface area contributed by atoms with Gasteiger partial charge in [0.1, 0.15) is 5.92 Å². The highest BCUT2D eigenvalue weighted by Gasteiger charge is 2.37. The highest BCUT2D eigenvalue weighted by atomic mass is 35.5. The van der Waals surface area contributed by atoms with Gasteiger partial charge in [0.05, 0.1) is 7.11 Å². The Balaban J connectivity index is 1.62. The molecule has 3 rings (SSSR count). The van der Waals surface area contributed by atoms with Crippen molar-refractivity contribution in [2.45, 2.75) is 13.0 Å². The van der Waals surface area contributed by atoms with Crippen LogP contribution >= 0.6 is 11.6 Å². The summed E-state index contributed by atoms with van der Waals surface area (Å²) in [6.07, 6.45) is 0.464. The van der Waals surface area contributed by atoms with Gasteiger partial charge >= 0.3 is 0 Å². The molecule has 2 N–H and O–H groups in total. The fourth-order valence-corrected chi connectivity index (χ4v) is 3.07. The van der Waals surface area contributed by atoms with Crippen molar-refractivity contribution in [2.75, 3.05) is 18.6 Å². The van der Waals surface area contributed by atoms with Gasteiger partial charge in [0.25, 0.3) is 0 Å². The Kier molecular flexibility index (Phi) is 5.32. The molecule has 0 saturated carbocycles. The number of halogens is 1. The van der Waals surface area contributed by atoms with Crippen LogP contribution in [0.5, 0.6) is 11.5 Å². The van der Waals surface area contributed by atoms with Gasteiger partial charge in [-0.05, 0) is 48.4 Å². The van der Waals surface area contributed by atoms with E-state index in [1.807, 2.05) is 0 Å². The molecule has 1 heterocycles. The summed E-state index contributed by atoms with van der Waals surface area (Å²) in [5.41, 5.74) is 1.51. The molecule has 0 spiro atoms. The smallest absolute Gasteiger partial charge is 0.239 e. The average molecular weight is 375 g/mol. The van der Waals surface area contributed by atoms with Crippen LogP contribution in [0.15, 0.2) is 42.5 Å². The lowest BCUT2D eigenvalue weighted by Crippen LogP contribution is -2.36. The fourth-order valence-electron chi connectivity index (χ4n) is 2.94. The van der Waals surface area contributed by atoms with Crippen LogP contribution < -0.4 is 15.0 Å². The molecule has 0 aromatic heterocycles. The number of aromatic hydroxyl groups is 1. The highest BCUT2D eigenvalue weighted by molar-refractivity contribution is 6.30. The summed E-state index contributed by atoms with van der Waals surface area (Å²) < 4.78 is 5.05. The van der Waals surface area contributed by atoms with Crippen molar-refractivity contribution < 1.29 is 19.4 Å². The quantitative estimate of drug-likeness (QED) is 0.789. The van der Waals surface area contributed by atoms with Crippen molar-refractivity contribution in [3.05, 3.63) is 53.1 Å². The third-order valence-corrected chi connectivity index (χ3v) is 4.62. The number of phenols is 1. The second-order valence-corrected chi connectivity index (χ2v) is 6.47. The molecule has 7 heteroatoms. The van der Waals surface area contributed by atoms with Gasteiger partial charge in [-0.3, -0.25) is 9.59 Å². The van der Waals surface area contributed by atoms with Crippen LogP contribution in [0.25, 0.3) is 0 Å². The minimum absolute atomic E-state index is 0.0344. The molecule has 0 aliphatic carbocycles. The number of carbonyl (C=O) groups is 2. The number of hydrogen-bond acceptors (Lipinski definition) is 4. The number of nitrogens with one attached hydrogen (secondary N) is 1. The summed E-state index contributed by atoms with van der Waals surface area (Å²) in [7, 11) is 1.46. The number of amides is 2. The summed E-state index contributed by atoms with van der Waals surface area (Å²) in [5, 5.41) is 13.0. The Hall–Kier alpha value is -2.73. The lowest BCUT2D eigenvalue weighted by Gasteiger charge is -2.17. The van der Waals surface area contributed by atoms with Crippen LogP contribution in [0.2, 0.25) is 5.02 Å². The minimum atomic E-state index is -0.704. The lowest BCUT2D eigenvalue weighted by atomic mass is 10.1. The number of carbonyl (C=O) groups excluding carboxylic acids is 2. The van der Waals surface area contributed by atoms with Gasteiger partial charge in [0.2, 0.25) is 11.8 Å². The molecule has 2 amide bonds. The van der Waals surface area contributed by atoms with Gasteiger partial charge in [-0.15, -0.1) is 0 Å². The zero-order valence-corrected chi connectivity index (χ0v) is 15.0. The maximum atomic E-state index is 12.6. The van der Waals surface area contributed by atoms with E-state index in [4.69, 9.17) is 16.3 Å². The summed E-state index contributed by atoms with van der Waals surface area (Å²) in [4.78, 5) is 26.6. The molecule has 2 aromatic rings. The number of methoxy groups -OCH3 is 1. The van der Waals surface area contributed by atoms with Crippen molar-refractivity contribution in [3.63, 3.8) is 0 Å². The van der Waals surface area contributed by atoms with E-state index in [0.29, 0.717) is 23.7 Å². The summed E-state index contributed by atoms with van der Waals surface area (Å²) in [6.45, 7) is 0.742. The van der Waals surface area contributed by atoms with E-state index in [1.165, 1.54) is 13.2 Å². The molecule has 1 aliphatic heterocycles. The maximum absolute atomic E-state index is 12.6. The Morgan fingerprint density at radius 1 is 1.31 bits per heavy atom. The second kappa shape index (κ2) is 7.66. The van der Waals surface area contributed by atoms with E-state index in [9.17, 15) is 14.7 Å². The van der Waals surface area contributed by atoms with Gasteiger partial charge in [-0.2, -0.15) is 0 Å². The third-order valence-electron chi connectivity index (χ3n) is 4.37. The predicted molar refractivity (Wildman–Crippen MR) is 98.4 cm³/mol. The maximum Gasteiger partial charge on any atom is 0.239 e. The first-order valence-corrected chi connectivity index (χ1v) is 8.58. The normalized spacial score (nSPS) is 16.6. The topological polar surface area (TPSA) is 78.9 Å². The second-order valence-electron chi connectivity index (χ2n) is 6.03. The van der Waals surface area contributed by atoms with E-state index < -0.39 is 5.92 Å². The molecular weight excluding hydrogens is 356 g/mol. The standard InChI is InChI=1S/C19H19ClN2O4/c1-26-17-10-12(2-7-16(17)23)11-21-18(24)15-8-9-22(19(15)25)14-5-3-13(20)4-6-14/h2-7,10,15,23H,8-9,11H2,1H3,(H,21,24)/t15-/m0/s1. The fraction of sp³-hybridized carbons (Fsp3) is 0.263. The van der Waals surface area contributed by atoms with Gasteiger partial charge in [-0.1, -0.05) is 17.7 Å². The first kappa shape index (κ1) is 18.1. The Morgan fingerprint density at radius 3 is 2.73 bits per heavy atom. The summed E-state index contributed by atoms with van der Waals surface area (Å²) >= 11 is 5.87. The molecule has 0 radical (unpaired) electrons. The van der Waals surface area contributed by atoms with Crippen molar-refractivity contribution in [3.8, 4) is 11.5 Å². The Morgan fingerprint density at radius 2 is 2.04 bits per heavy atom. The van der Waals surface area contributed by atoms with Crippen LogP contribution in [0.1, 0.15) is 12.0 Å². The molecule has 6 nitrogen and oxygen atoms in total. The van der Waals surface area contributed by atoms with Crippen LogP contribution in [0.3, 0.4) is 0 Å². The van der Waals surface area contributed by atoms with E-state index in [0.717, 1.165) is 11.3 Å². The van der Waals surface area contributed by atoms with Crippen molar-refractivity contribution in [1.29, 1.82) is 0 Å². The van der Waals surface area contributed by atoms with E-state index >= 15 is 0 Å². The molecule has 0 bridgehead atoms. The monoisotopic (exact) mass is 374 g/mol. The van der Waals surface area contributed by atoms with Crippen LogP contribution in [0.4, 0.5) is 5.69 Å². The third kappa shape index (κ3) is 3.75. The van der Waals surface area contributed by atoms with Gasteiger partial charge < -0.3 is 20.1 Å². The van der Waals surface area contributed by atoms with Crippen LogP contribution in [-0.2, 0) is 16.1 Å². The van der Waals surface area contributed by atoms with Crippen molar-refractivity contribution in [1.82, 2.24) is 5.32 Å². The number of phenolic OH excluding ortho intramolecular Hbond substituents is 1. The van der Waals surface area contributed by atoms with E-state index in [2.05, 4.69) is 5.32 Å². The number of hydrogen-bond donors (Lipinski definition) is 2. The number of anilines is 1. The average Bonchev–Trinajstić information content (AvgIpc) is 3.03. The number of rotatable bonds is 5.